The van der Waals surface area contributed by atoms with E-state index in [4.69, 9.17) is 16.7 Å². The van der Waals surface area contributed by atoms with Gasteiger partial charge in [0.25, 0.3) is 0 Å². The second-order valence-electron chi connectivity index (χ2n) is 4.49. The Morgan fingerprint density at radius 3 is 2.44 bits per heavy atom. The van der Waals surface area contributed by atoms with Crippen molar-refractivity contribution in [1.29, 1.82) is 0 Å². The Bertz CT molecular complexity index is 386. The molecule has 1 N–H and O–H groups in total. The van der Waals surface area contributed by atoms with Crippen molar-refractivity contribution in [1.82, 2.24) is 0 Å². The first-order valence-electron chi connectivity index (χ1n) is 5.42. The number of benzene rings is 1. The van der Waals surface area contributed by atoms with E-state index in [9.17, 15) is 4.79 Å². The third-order valence-corrected chi connectivity index (χ3v) is 2.83. The number of rotatable bonds is 4. The van der Waals surface area contributed by atoms with Crippen LogP contribution >= 0.6 is 11.6 Å². The van der Waals surface area contributed by atoms with Gasteiger partial charge in [0.05, 0.1) is 5.92 Å². The van der Waals surface area contributed by atoms with Crippen LogP contribution in [-0.4, -0.2) is 11.1 Å². The molecule has 0 radical (unpaired) electrons. The predicted octanol–water partition coefficient (Wildman–Crippen LogP) is 3.73. The van der Waals surface area contributed by atoms with Crippen LogP contribution in [0.1, 0.15) is 37.8 Å². The Balaban J connectivity index is 2.92. The fourth-order valence-corrected chi connectivity index (χ4v) is 1.83. The highest BCUT2D eigenvalue weighted by Crippen LogP contribution is 2.23. The normalized spacial score (nSPS) is 12.8. The summed E-state index contributed by atoms with van der Waals surface area (Å²) in [6.07, 6.45) is 0.523. The lowest BCUT2D eigenvalue weighted by molar-refractivity contribution is -0.141. The molecule has 88 valence electrons. The molecule has 0 bridgehead atoms. The minimum absolute atomic E-state index is 0.376. The van der Waals surface area contributed by atoms with Crippen molar-refractivity contribution in [2.45, 2.75) is 33.1 Å². The monoisotopic (exact) mass is 240 g/mol. The van der Waals surface area contributed by atoms with E-state index < -0.39 is 5.97 Å². The third kappa shape index (κ3) is 3.53. The van der Waals surface area contributed by atoms with Crippen LogP contribution in [0.3, 0.4) is 0 Å². The van der Waals surface area contributed by atoms with Gasteiger partial charge in [-0.25, -0.2) is 0 Å². The lowest BCUT2D eigenvalue weighted by Gasteiger charge is -2.11. The largest absolute Gasteiger partial charge is 0.481 e. The maximum atomic E-state index is 10.8. The van der Waals surface area contributed by atoms with Crippen LogP contribution in [0.15, 0.2) is 18.2 Å². The van der Waals surface area contributed by atoms with Gasteiger partial charge >= 0.3 is 5.97 Å². The van der Waals surface area contributed by atoms with Gasteiger partial charge in [-0.3, -0.25) is 4.79 Å². The van der Waals surface area contributed by atoms with Gasteiger partial charge in [-0.05, 0) is 35.6 Å². The molecule has 3 heteroatoms. The SMILES string of the molecule is CC(Cc1cc(Cl)cc(C(C)C)c1)C(=O)O. The maximum absolute atomic E-state index is 10.8. The summed E-state index contributed by atoms with van der Waals surface area (Å²) in [4.78, 5) is 10.8. The Kier molecular flexibility index (Phi) is 4.36. The molecule has 0 heterocycles. The highest BCUT2D eigenvalue weighted by atomic mass is 35.5. The molecule has 0 saturated heterocycles. The van der Waals surface area contributed by atoms with Crippen LogP contribution in [0.2, 0.25) is 5.02 Å². The van der Waals surface area contributed by atoms with E-state index >= 15 is 0 Å². The molecule has 1 aromatic rings. The quantitative estimate of drug-likeness (QED) is 0.871. The van der Waals surface area contributed by atoms with Crippen LogP contribution < -0.4 is 0 Å². The van der Waals surface area contributed by atoms with Crippen LogP contribution in [0.4, 0.5) is 0 Å². The van der Waals surface area contributed by atoms with Gasteiger partial charge in [-0.2, -0.15) is 0 Å². The summed E-state index contributed by atoms with van der Waals surface area (Å²) in [5.41, 5.74) is 2.14. The zero-order chi connectivity index (χ0) is 12.3. The van der Waals surface area contributed by atoms with E-state index in [1.54, 1.807) is 6.92 Å². The van der Waals surface area contributed by atoms with Gasteiger partial charge in [0.2, 0.25) is 0 Å². The topological polar surface area (TPSA) is 37.3 Å². The lowest BCUT2D eigenvalue weighted by Crippen LogP contribution is -2.12. The number of hydrogen-bond acceptors (Lipinski definition) is 1. The Hall–Kier alpha value is -1.02. The van der Waals surface area contributed by atoms with E-state index in [0.717, 1.165) is 11.1 Å². The van der Waals surface area contributed by atoms with Crippen LogP contribution in [0.25, 0.3) is 0 Å². The van der Waals surface area contributed by atoms with Crippen molar-refractivity contribution in [2.24, 2.45) is 5.92 Å². The second kappa shape index (κ2) is 5.35. The molecule has 0 aliphatic carbocycles. The lowest BCUT2D eigenvalue weighted by atomic mass is 9.96. The van der Waals surface area contributed by atoms with E-state index in [2.05, 4.69) is 13.8 Å². The molecule has 0 fully saturated rings. The molecular formula is C13H17ClO2. The van der Waals surface area contributed by atoms with Crippen molar-refractivity contribution >= 4 is 17.6 Å². The van der Waals surface area contributed by atoms with Gasteiger partial charge in [-0.15, -0.1) is 0 Å². The molecule has 0 aliphatic heterocycles. The van der Waals surface area contributed by atoms with Crippen molar-refractivity contribution in [3.8, 4) is 0 Å². The van der Waals surface area contributed by atoms with Gasteiger partial charge in [0.15, 0.2) is 0 Å². The summed E-state index contributed by atoms with van der Waals surface area (Å²) >= 11 is 6.01. The Morgan fingerprint density at radius 1 is 1.31 bits per heavy atom. The molecular weight excluding hydrogens is 224 g/mol. The Morgan fingerprint density at radius 2 is 1.94 bits per heavy atom. The van der Waals surface area contributed by atoms with Gasteiger partial charge < -0.3 is 5.11 Å². The maximum Gasteiger partial charge on any atom is 0.306 e. The number of hydrogen-bond donors (Lipinski definition) is 1. The highest BCUT2D eigenvalue weighted by molar-refractivity contribution is 6.30. The van der Waals surface area contributed by atoms with Crippen LogP contribution in [0, 0.1) is 5.92 Å². The number of carboxylic acid groups (broad SMARTS) is 1. The third-order valence-electron chi connectivity index (χ3n) is 2.61. The van der Waals surface area contributed by atoms with E-state index in [1.807, 2.05) is 18.2 Å². The molecule has 1 atom stereocenters. The van der Waals surface area contributed by atoms with Crippen molar-refractivity contribution in [3.63, 3.8) is 0 Å². The highest BCUT2D eigenvalue weighted by Gasteiger charge is 2.13. The van der Waals surface area contributed by atoms with Crippen molar-refractivity contribution < 1.29 is 9.90 Å². The molecule has 16 heavy (non-hydrogen) atoms. The summed E-state index contributed by atoms with van der Waals surface area (Å²) in [5, 5.41) is 9.54. The first-order valence-corrected chi connectivity index (χ1v) is 5.80. The Labute approximate surface area is 101 Å². The van der Waals surface area contributed by atoms with Gasteiger partial charge in [0, 0.05) is 5.02 Å². The molecule has 0 amide bonds. The fraction of sp³-hybridized carbons (Fsp3) is 0.462. The van der Waals surface area contributed by atoms with E-state index in [1.165, 1.54) is 0 Å². The summed E-state index contributed by atoms with van der Waals surface area (Å²) in [7, 11) is 0. The zero-order valence-electron chi connectivity index (χ0n) is 9.83. The molecule has 1 aromatic carbocycles. The molecule has 0 aromatic heterocycles. The number of carboxylic acids is 1. The van der Waals surface area contributed by atoms with Gasteiger partial charge in [-0.1, -0.05) is 38.4 Å². The first kappa shape index (κ1) is 13.0. The predicted molar refractivity (Wildman–Crippen MR) is 66.0 cm³/mol. The minimum Gasteiger partial charge on any atom is -0.481 e. The number of carbonyl (C=O) groups is 1. The van der Waals surface area contributed by atoms with Crippen LogP contribution in [-0.2, 0) is 11.2 Å². The zero-order valence-corrected chi connectivity index (χ0v) is 10.6. The van der Waals surface area contributed by atoms with Crippen molar-refractivity contribution in [2.75, 3.05) is 0 Å². The first-order chi connectivity index (χ1) is 7.40. The summed E-state index contributed by atoms with van der Waals surface area (Å²) < 4.78 is 0. The second-order valence-corrected chi connectivity index (χ2v) is 4.93. The molecule has 1 unspecified atom stereocenters. The molecule has 2 nitrogen and oxygen atoms in total. The van der Waals surface area contributed by atoms with E-state index in [0.29, 0.717) is 17.4 Å². The average molecular weight is 241 g/mol. The molecule has 1 rings (SSSR count). The number of halogens is 1. The molecule has 0 saturated carbocycles. The van der Waals surface area contributed by atoms with Crippen molar-refractivity contribution in [3.05, 3.63) is 34.3 Å². The smallest absolute Gasteiger partial charge is 0.306 e. The van der Waals surface area contributed by atoms with Gasteiger partial charge in [0.1, 0.15) is 0 Å². The molecule has 0 aliphatic rings. The van der Waals surface area contributed by atoms with E-state index in [-0.39, 0.29) is 5.92 Å². The summed E-state index contributed by atoms with van der Waals surface area (Å²) in [6, 6.07) is 5.81. The fourth-order valence-electron chi connectivity index (χ4n) is 1.57. The molecule has 0 spiro atoms. The summed E-state index contributed by atoms with van der Waals surface area (Å²) in [5.74, 6) is -0.748. The van der Waals surface area contributed by atoms with Crippen LogP contribution in [0.5, 0.6) is 0 Å². The average Bonchev–Trinajstić information content (AvgIpc) is 2.16. The summed E-state index contributed by atoms with van der Waals surface area (Å²) in [6.45, 7) is 5.89. The number of aliphatic carboxylic acids is 1. The minimum atomic E-state index is -0.772. The standard InChI is InChI=1S/C13H17ClO2/c1-8(2)11-5-10(6-12(14)7-11)4-9(3)13(15)16/h5-9H,4H2,1-3H3,(H,15,16).